The molecular weight excluding hydrogens is 344 g/mol. The third-order valence-electron chi connectivity index (χ3n) is 4.39. The third kappa shape index (κ3) is 3.99. The number of carbonyl (C=O) groups excluding carboxylic acids is 1. The van der Waals surface area contributed by atoms with E-state index in [1.54, 1.807) is 0 Å². The summed E-state index contributed by atoms with van der Waals surface area (Å²) < 4.78 is 31.5. The molecule has 0 bridgehead atoms. The molecule has 1 fully saturated rings. The Labute approximate surface area is 148 Å². The van der Waals surface area contributed by atoms with Gasteiger partial charge in [0.15, 0.2) is 11.6 Å². The maximum absolute atomic E-state index is 13.2. The Morgan fingerprint density at radius 2 is 1.69 bits per heavy atom. The molecule has 2 aromatic rings. The Kier molecular flexibility index (Phi) is 5.16. The molecule has 1 saturated carbocycles. The van der Waals surface area contributed by atoms with Crippen LogP contribution in [-0.2, 0) is 4.79 Å². The Hall–Kier alpha value is -2.96. The summed E-state index contributed by atoms with van der Waals surface area (Å²) in [5.74, 6) is -3.30. The largest absolute Gasteiger partial charge is 0.481 e. The number of nitrogens with one attached hydrogen (secondary N) is 1. The zero-order valence-electron chi connectivity index (χ0n) is 13.7. The van der Waals surface area contributed by atoms with E-state index in [2.05, 4.69) is 5.32 Å². The van der Waals surface area contributed by atoms with E-state index in [9.17, 15) is 18.4 Å². The molecule has 1 aliphatic carbocycles. The molecule has 0 saturated heterocycles. The second-order valence-electron chi connectivity index (χ2n) is 6.16. The van der Waals surface area contributed by atoms with Crippen LogP contribution in [0.15, 0.2) is 42.5 Å². The Balaban J connectivity index is 1.64. The first kappa shape index (κ1) is 17.8. The summed E-state index contributed by atoms with van der Waals surface area (Å²) in [6.07, 6.45) is 1.96. The lowest BCUT2D eigenvalue weighted by Crippen LogP contribution is -2.40. The van der Waals surface area contributed by atoms with Crippen LogP contribution in [-0.4, -0.2) is 23.0 Å². The predicted octanol–water partition coefficient (Wildman–Crippen LogP) is 3.74. The van der Waals surface area contributed by atoms with E-state index in [0.29, 0.717) is 24.2 Å². The zero-order valence-corrected chi connectivity index (χ0v) is 13.7. The number of rotatable bonds is 5. The molecule has 1 aliphatic rings. The van der Waals surface area contributed by atoms with E-state index < -0.39 is 23.5 Å². The molecule has 136 valence electrons. The van der Waals surface area contributed by atoms with Crippen LogP contribution >= 0.6 is 0 Å². The van der Waals surface area contributed by atoms with Crippen molar-refractivity contribution in [1.29, 1.82) is 0 Å². The van der Waals surface area contributed by atoms with Crippen LogP contribution in [0.3, 0.4) is 0 Å². The van der Waals surface area contributed by atoms with E-state index in [-0.39, 0.29) is 17.7 Å². The topological polar surface area (TPSA) is 75.6 Å². The van der Waals surface area contributed by atoms with Crippen LogP contribution in [0.25, 0.3) is 0 Å². The monoisotopic (exact) mass is 361 g/mol. The number of carboxylic acid groups (broad SMARTS) is 1. The van der Waals surface area contributed by atoms with E-state index in [1.165, 1.54) is 30.3 Å². The highest BCUT2D eigenvalue weighted by molar-refractivity contribution is 5.94. The normalized spacial score (nSPS) is 19.2. The van der Waals surface area contributed by atoms with Gasteiger partial charge in [-0.15, -0.1) is 0 Å². The lowest BCUT2D eigenvalue weighted by molar-refractivity contribution is -0.142. The van der Waals surface area contributed by atoms with Gasteiger partial charge >= 0.3 is 5.97 Å². The lowest BCUT2D eigenvalue weighted by Gasteiger charge is -2.17. The number of ether oxygens (including phenoxy) is 1. The number of benzene rings is 2. The number of amides is 1. The molecule has 5 nitrogen and oxygen atoms in total. The average Bonchev–Trinajstić information content (AvgIpc) is 3.07. The minimum absolute atomic E-state index is 0.136. The van der Waals surface area contributed by atoms with Gasteiger partial charge in [0.2, 0.25) is 0 Å². The van der Waals surface area contributed by atoms with Crippen molar-refractivity contribution in [2.75, 3.05) is 0 Å². The Morgan fingerprint density at radius 3 is 2.35 bits per heavy atom. The summed E-state index contributed by atoms with van der Waals surface area (Å²) in [5, 5.41) is 11.9. The van der Waals surface area contributed by atoms with Crippen molar-refractivity contribution >= 4 is 11.9 Å². The fourth-order valence-electron chi connectivity index (χ4n) is 3.03. The van der Waals surface area contributed by atoms with Gasteiger partial charge in [0, 0.05) is 17.7 Å². The van der Waals surface area contributed by atoms with Gasteiger partial charge in [-0.2, -0.15) is 0 Å². The van der Waals surface area contributed by atoms with Crippen molar-refractivity contribution in [2.45, 2.75) is 25.3 Å². The molecule has 0 aromatic heterocycles. The second kappa shape index (κ2) is 7.51. The van der Waals surface area contributed by atoms with Gasteiger partial charge in [-0.05, 0) is 49.2 Å². The molecule has 26 heavy (non-hydrogen) atoms. The first-order chi connectivity index (χ1) is 12.4. The third-order valence-corrected chi connectivity index (χ3v) is 4.39. The van der Waals surface area contributed by atoms with Gasteiger partial charge in [-0.1, -0.05) is 6.42 Å². The fraction of sp³-hybridized carbons (Fsp3) is 0.263. The second-order valence-corrected chi connectivity index (χ2v) is 6.16. The van der Waals surface area contributed by atoms with Crippen LogP contribution in [0.2, 0.25) is 0 Å². The first-order valence-corrected chi connectivity index (χ1v) is 8.20. The van der Waals surface area contributed by atoms with E-state index >= 15 is 0 Å². The predicted molar refractivity (Wildman–Crippen MR) is 89.1 cm³/mol. The SMILES string of the molecule is O=C(N[C@H]1CCC[C@H]1C(=O)O)c1ccc(Oc2ccc(F)c(F)c2)cc1. The van der Waals surface area contributed by atoms with Gasteiger partial charge in [0.1, 0.15) is 11.5 Å². The number of halogens is 2. The zero-order chi connectivity index (χ0) is 18.7. The highest BCUT2D eigenvalue weighted by Crippen LogP contribution is 2.27. The molecule has 0 spiro atoms. The summed E-state index contributed by atoms with van der Waals surface area (Å²) in [4.78, 5) is 23.5. The highest BCUT2D eigenvalue weighted by atomic mass is 19.2. The summed E-state index contributed by atoms with van der Waals surface area (Å²) in [5.41, 5.74) is 0.360. The van der Waals surface area contributed by atoms with Crippen molar-refractivity contribution in [3.05, 3.63) is 59.7 Å². The summed E-state index contributed by atoms with van der Waals surface area (Å²) in [6.45, 7) is 0. The fourth-order valence-corrected chi connectivity index (χ4v) is 3.03. The molecule has 3 rings (SSSR count). The van der Waals surface area contributed by atoms with Crippen molar-refractivity contribution < 1.29 is 28.2 Å². The molecule has 7 heteroatoms. The van der Waals surface area contributed by atoms with E-state index in [1.807, 2.05) is 0 Å². The van der Waals surface area contributed by atoms with Crippen molar-refractivity contribution in [2.24, 2.45) is 5.92 Å². The maximum Gasteiger partial charge on any atom is 0.308 e. The quantitative estimate of drug-likeness (QED) is 0.851. The van der Waals surface area contributed by atoms with Gasteiger partial charge < -0.3 is 15.2 Å². The van der Waals surface area contributed by atoms with Crippen molar-refractivity contribution in [1.82, 2.24) is 5.32 Å². The smallest absolute Gasteiger partial charge is 0.308 e. The summed E-state index contributed by atoms with van der Waals surface area (Å²) >= 11 is 0. The lowest BCUT2D eigenvalue weighted by atomic mass is 10.0. The number of hydrogen-bond acceptors (Lipinski definition) is 3. The molecular formula is C19H17F2NO4. The molecule has 1 amide bonds. The minimum atomic E-state index is -1.01. The van der Waals surface area contributed by atoms with Crippen molar-refractivity contribution in [3.63, 3.8) is 0 Å². The van der Waals surface area contributed by atoms with Crippen LogP contribution < -0.4 is 10.1 Å². The molecule has 0 radical (unpaired) electrons. The summed E-state index contributed by atoms with van der Waals surface area (Å²) in [6, 6.07) is 8.92. The van der Waals surface area contributed by atoms with Gasteiger partial charge in [-0.25, -0.2) is 8.78 Å². The molecule has 0 aliphatic heterocycles. The summed E-state index contributed by atoms with van der Waals surface area (Å²) in [7, 11) is 0. The molecule has 0 heterocycles. The Morgan fingerprint density at radius 1 is 1.00 bits per heavy atom. The standard InChI is InChI=1S/C19H17F2NO4/c20-15-9-8-13(10-16(15)21)26-12-6-4-11(5-7-12)18(23)22-17-3-1-2-14(17)19(24)25/h4-10,14,17H,1-3H2,(H,22,23)(H,24,25)/t14-,17+/m1/s1. The van der Waals surface area contributed by atoms with Crippen molar-refractivity contribution in [3.8, 4) is 11.5 Å². The van der Waals surface area contributed by atoms with Gasteiger partial charge in [-0.3, -0.25) is 9.59 Å². The van der Waals surface area contributed by atoms with Crippen LogP contribution in [0.1, 0.15) is 29.6 Å². The van der Waals surface area contributed by atoms with Gasteiger partial charge in [0.25, 0.3) is 5.91 Å². The van der Waals surface area contributed by atoms with E-state index in [4.69, 9.17) is 9.84 Å². The number of aliphatic carboxylic acids is 1. The molecule has 0 unspecified atom stereocenters. The van der Waals surface area contributed by atoms with E-state index in [0.717, 1.165) is 18.6 Å². The number of carboxylic acids is 1. The number of carbonyl (C=O) groups is 2. The van der Waals surface area contributed by atoms with Crippen LogP contribution in [0.5, 0.6) is 11.5 Å². The maximum atomic E-state index is 13.2. The van der Waals surface area contributed by atoms with Gasteiger partial charge in [0.05, 0.1) is 5.92 Å². The highest BCUT2D eigenvalue weighted by Gasteiger charge is 2.33. The molecule has 2 atom stereocenters. The minimum Gasteiger partial charge on any atom is -0.481 e. The Bertz CT molecular complexity index is 823. The average molecular weight is 361 g/mol. The first-order valence-electron chi connectivity index (χ1n) is 8.20. The molecule has 2 aromatic carbocycles. The number of hydrogen-bond donors (Lipinski definition) is 2. The van der Waals surface area contributed by atoms with Crippen LogP contribution in [0.4, 0.5) is 8.78 Å². The van der Waals surface area contributed by atoms with Crippen LogP contribution in [0, 0.1) is 17.6 Å². The molecule has 2 N–H and O–H groups in total.